The quantitative estimate of drug-likeness (QED) is 0.423. The van der Waals surface area contributed by atoms with Crippen molar-refractivity contribution in [3.05, 3.63) is 89.6 Å². The zero-order chi connectivity index (χ0) is 24.6. The minimum Gasteiger partial charge on any atom is -0.452 e. The number of hydrogen-bond donors (Lipinski definition) is 2. The van der Waals surface area contributed by atoms with Gasteiger partial charge in [-0.25, -0.2) is 9.78 Å². The molecule has 0 bridgehead atoms. The van der Waals surface area contributed by atoms with E-state index in [1.165, 1.54) is 30.5 Å². The maximum Gasteiger partial charge on any atom is 0.416 e. The Morgan fingerprint density at radius 3 is 2.53 bits per heavy atom. The van der Waals surface area contributed by atoms with Crippen LogP contribution in [0.3, 0.4) is 0 Å². The van der Waals surface area contributed by atoms with E-state index in [1.807, 2.05) is 37.3 Å². The van der Waals surface area contributed by atoms with Gasteiger partial charge in [0, 0.05) is 17.9 Å². The first-order valence-corrected chi connectivity index (χ1v) is 10.6. The molecule has 34 heavy (non-hydrogen) atoms. The summed E-state index contributed by atoms with van der Waals surface area (Å²) in [4.78, 5) is 28.7. The average molecular weight is 471 g/mol. The Hall–Kier alpha value is -3.88. The Labute approximate surface area is 195 Å². The van der Waals surface area contributed by atoms with E-state index in [-0.39, 0.29) is 23.1 Å². The molecule has 3 rings (SSSR count). The van der Waals surface area contributed by atoms with Crippen LogP contribution in [0.4, 0.5) is 24.7 Å². The number of rotatable bonds is 9. The molecule has 1 amide bonds. The maximum atomic E-state index is 13.0. The molecule has 0 aliphatic carbocycles. The van der Waals surface area contributed by atoms with Crippen LogP contribution in [0.25, 0.3) is 0 Å². The number of benzene rings is 2. The minimum atomic E-state index is -4.50. The Morgan fingerprint density at radius 2 is 1.79 bits per heavy atom. The summed E-state index contributed by atoms with van der Waals surface area (Å²) in [6.45, 7) is 1.37. The third kappa shape index (κ3) is 7.33. The van der Waals surface area contributed by atoms with Gasteiger partial charge in [0.05, 0.1) is 5.56 Å². The molecule has 178 valence electrons. The van der Waals surface area contributed by atoms with Gasteiger partial charge in [-0.05, 0) is 55.7 Å². The highest BCUT2D eigenvalue weighted by Crippen LogP contribution is 2.31. The number of amides is 1. The zero-order valence-electron chi connectivity index (χ0n) is 18.4. The molecule has 9 heteroatoms. The number of hydrogen-bond acceptors (Lipinski definition) is 5. The number of esters is 1. The largest absolute Gasteiger partial charge is 0.452 e. The fourth-order valence-electron chi connectivity index (χ4n) is 3.20. The van der Waals surface area contributed by atoms with Crippen molar-refractivity contribution in [2.75, 3.05) is 11.9 Å². The van der Waals surface area contributed by atoms with Crippen molar-refractivity contribution in [1.29, 1.82) is 0 Å². The number of aromatic nitrogens is 1. The summed E-state index contributed by atoms with van der Waals surface area (Å²) in [6, 6.07) is 17.1. The van der Waals surface area contributed by atoms with Crippen molar-refractivity contribution in [2.45, 2.75) is 32.0 Å². The van der Waals surface area contributed by atoms with Crippen molar-refractivity contribution in [1.82, 2.24) is 10.3 Å². The molecule has 2 N–H and O–H groups in total. The molecule has 6 nitrogen and oxygen atoms in total. The molecule has 0 aliphatic heterocycles. The van der Waals surface area contributed by atoms with Crippen LogP contribution in [0.1, 0.15) is 34.8 Å². The summed E-state index contributed by atoms with van der Waals surface area (Å²) in [7, 11) is 0. The predicted molar refractivity (Wildman–Crippen MR) is 122 cm³/mol. The number of anilines is 2. The number of nitrogens with zero attached hydrogens (tertiary/aromatic N) is 1. The van der Waals surface area contributed by atoms with Gasteiger partial charge in [-0.1, -0.05) is 36.4 Å². The third-order valence-electron chi connectivity index (χ3n) is 4.93. The van der Waals surface area contributed by atoms with Crippen LogP contribution >= 0.6 is 0 Å². The van der Waals surface area contributed by atoms with E-state index in [0.29, 0.717) is 0 Å². The highest BCUT2D eigenvalue weighted by atomic mass is 19.4. The molecule has 0 radical (unpaired) electrons. The summed E-state index contributed by atoms with van der Waals surface area (Å²) in [5, 5.41) is 5.48. The number of pyridine rings is 1. The van der Waals surface area contributed by atoms with Gasteiger partial charge in [-0.2, -0.15) is 13.2 Å². The Balaban J connectivity index is 1.55. The first kappa shape index (κ1) is 24.8. The molecule has 0 unspecified atom stereocenters. The first-order chi connectivity index (χ1) is 16.2. The first-order valence-electron chi connectivity index (χ1n) is 10.6. The molecular weight excluding hydrogens is 447 g/mol. The van der Waals surface area contributed by atoms with Crippen LogP contribution in [0, 0.1) is 0 Å². The molecule has 0 saturated carbocycles. The van der Waals surface area contributed by atoms with Crippen molar-refractivity contribution >= 4 is 23.4 Å². The lowest BCUT2D eigenvalue weighted by Crippen LogP contribution is -2.36. The molecular formula is C25H24F3N3O3. The number of nitrogens with one attached hydrogen (secondary N) is 2. The molecule has 1 heterocycles. The lowest BCUT2D eigenvalue weighted by atomic mass is 10.1. The number of ether oxygens (including phenoxy) is 1. The maximum absolute atomic E-state index is 13.0. The second-order valence-corrected chi connectivity index (χ2v) is 7.67. The second kappa shape index (κ2) is 11.3. The van der Waals surface area contributed by atoms with Gasteiger partial charge in [0.2, 0.25) is 0 Å². The smallest absolute Gasteiger partial charge is 0.416 e. The lowest BCUT2D eigenvalue weighted by molar-refractivity contribution is -0.137. The number of halogens is 3. The van der Waals surface area contributed by atoms with E-state index in [4.69, 9.17) is 4.74 Å². The van der Waals surface area contributed by atoms with E-state index >= 15 is 0 Å². The number of carbonyl (C=O) groups is 2. The van der Waals surface area contributed by atoms with E-state index in [2.05, 4.69) is 15.6 Å². The van der Waals surface area contributed by atoms with Crippen LogP contribution in [0.15, 0.2) is 72.9 Å². The molecule has 1 atom stereocenters. The summed E-state index contributed by atoms with van der Waals surface area (Å²) >= 11 is 0. The average Bonchev–Trinajstić information content (AvgIpc) is 2.82. The van der Waals surface area contributed by atoms with Crippen LogP contribution in [-0.4, -0.2) is 29.5 Å². The van der Waals surface area contributed by atoms with Gasteiger partial charge in [-0.3, -0.25) is 4.79 Å². The second-order valence-electron chi connectivity index (χ2n) is 7.67. The molecule has 0 aliphatic rings. The van der Waals surface area contributed by atoms with Crippen molar-refractivity contribution in [3.8, 4) is 0 Å². The minimum absolute atomic E-state index is 0.00941. The fraction of sp³-hybridized carbons (Fsp3) is 0.240. The van der Waals surface area contributed by atoms with Gasteiger partial charge in [0.15, 0.2) is 6.61 Å². The van der Waals surface area contributed by atoms with Crippen molar-refractivity contribution in [2.24, 2.45) is 0 Å². The summed E-state index contributed by atoms with van der Waals surface area (Å²) in [5.41, 5.74) is 0.417. The molecule has 3 aromatic rings. The van der Waals surface area contributed by atoms with E-state index in [1.54, 1.807) is 0 Å². The topological polar surface area (TPSA) is 80.3 Å². The summed E-state index contributed by atoms with van der Waals surface area (Å²) in [6.07, 6.45) is -1.61. The van der Waals surface area contributed by atoms with Crippen LogP contribution in [-0.2, 0) is 22.1 Å². The molecule has 0 fully saturated rings. The monoisotopic (exact) mass is 471 g/mol. The predicted octanol–water partition coefficient (Wildman–Crippen LogP) is 5.14. The highest BCUT2D eigenvalue weighted by molar-refractivity contribution is 5.96. The van der Waals surface area contributed by atoms with Crippen LogP contribution in [0.5, 0.6) is 0 Å². The standard InChI is InChI=1S/C25H24F3N3O3/c1-17(12-13-18-7-3-2-4-8-18)30-22(32)16-34-24(33)21-11-6-14-29-23(21)31-20-10-5-9-19(15-20)25(26,27)28/h2-11,14-15,17H,12-13,16H2,1H3,(H,29,31)(H,30,32)/t17-/m0/s1. The van der Waals surface area contributed by atoms with Gasteiger partial charge < -0.3 is 15.4 Å². The Morgan fingerprint density at radius 1 is 1.03 bits per heavy atom. The SMILES string of the molecule is C[C@@H](CCc1ccccc1)NC(=O)COC(=O)c1cccnc1Nc1cccc(C(F)(F)F)c1. The number of carbonyl (C=O) groups excluding carboxylic acids is 2. The molecule has 0 spiro atoms. The van der Waals surface area contributed by atoms with Gasteiger partial charge in [0.1, 0.15) is 11.4 Å². The Kier molecular flexibility index (Phi) is 8.24. The lowest BCUT2D eigenvalue weighted by Gasteiger charge is -2.15. The highest BCUT2D eigenvalue weighted by Gasteiger charge is 2.30. The van der Waals surface area contributed by atoms with E-state index in [9.17, 15) is 22.8 Å². The van der Waals surface area contributed by atoms with Gasteiger partial charge in [0.25, 0.3) is 5.91 Å². The van der Waals surface area contributed by atoms with Crippen molar-refractivity contribution in [3.63, 3.8) is 0 Å². The molecule has 2 aromatic carbocycles. The van der Waals surface area contributed by atoms with Crippen molar-refractivity contribution < 1.29 is 27.5 Å². The number of aryl methyl sites for hydroxylation is 1. The zero-order valence-corrected chi connectivity index (χ0v) is 18.4. The normalized spacial score (nSPS) is 12.0. The number of alkyl halides is 3. The van der Waals surface area contributed by atoms with Crippen LogP contribution < -0.4 is 10.6 Å². The Bertz CT molecular complexity index is 1120. The van der Waals surface area contributed by atoms with Crippen LogP contribution in [0.2, 0.25) is 0 Å². The van der Waals surface area contributed by atoms with Gasteiger partial charge >= 0.3 is 12.1 Å². The van der Waals surface area contributed by atoms with E-state index < -0.39 is 30.2 Å². The van der Waals surface area contributed by atoms with E-state index in [0.717, 1.165) is 30.5 Å². The summed E-state index contributed by atoms with van der Waals surface area (Å²) in [5.74, 6) is -1.26. The summed E-state index contributed by atoms with van der Waals surface area (Å²) < 4.78 is 44.0. The molecule has 0 saturated heterocycles. The third-order valence-corrected chi connectivity index (χ3v) is 4.93. The fourth-order valence-corrected chi connectivity index (χ4v) is 3.20. The molecule has 1 aromatic heterocycles. The van der Waals surface area contributed by atoms with Gasteiger partial charge in [-0.15, -0.1) is 0 Å².